The molecule has 0 bridgehead atoms. The van der Waals surface area contributed by atoms with E-state index in [4.69, 9.17) is 0 Å². The molecular weight excluding hydrogens is 758 g/mol. The third-order valence-corrected chi connectivity index (χ3v) is 17.8. The number of para-hydroxylation sites is 2. The average Bonchev–Trinajstić information content (AvgIpc) is 3.98. The number of hydrogen-bond donors (Lipinski definition) is 1. The molecule has 1 aromatic heterocycles. The summed E-state index contributed by atoms with van der Waals surface area (Å²) in [5.41, 5.74) is 25.2. The Hall–Kier alpha value is -6.05. The molecule has 61 heavy (non-hydrogen) atoms. The number of benzene rings is 6. The molecule has 7 aromatic rings. The third kappa shape index (κ3) is 4.17. The summed E-state index contributed by atoms with van der Waals surface area (Å²) in [6.07, 6.45) is 15.8. The Morgan fingerprint density at radius 2 is 1.41 bits per heavy atom. The van der Waals surface area contributed by atoms with Crippen molar-refractivity contribution in [2.24, 2.45) is 0 Å². The van der Waals surface area contributed by atoms with Crippen molar-refractivity contribution in [2.75, 3.05) is 0 Å². The molecular formula is C58H45NOP+. The first-order valence-electron chi connectivity index (χ1n) is 22.4. The Morgan fingerprint density at radius 1 is 0.639 bits per heavy atom. The van der Waals surface area contributed by atoms with Crippen LogP contribution in [0.25, 0.3) is 56.1 Å². The Morgan fingerprint density at radius 3 is 2.33 bits per heavy atom. The summed E-state index contributed by atoms with van der Waals surface area (Å²) in [7, 11) is -1.62. The topological polar surface area (TPSA) is 25.2 Å². The summed E-state index contributed by atoms with van der Waals surface area (Å²) in [6.45, 7) is 4.84. The zero-order chi connectivity index (χ0) is 40.4. The molecule has 0 radical (unpaired) electrons. The van der Waals surface area contributed by atoms with Crippen LogP contribution in [0.4, 0.5) is 0 Å². The maximum absolute atomic E-state index is 13.2. The number of hydrogen-bond acceptors (Lipinski definition) is 1. The number of aromatic nitrogens is 1. The van der Waals surface area contributed by atoms with Crippen molar-refractivity contribution in [1.29, 1.82) is 0 Å². The molecule has 7 aliphatic rings. The predicted octanol–water partition coefficient (Wildman–Crippen LogP) is 13.5. The Kier molecular flexibility index (Phi) is 6.85. The van der Waals surface area contributed by atoms with Gasteiger partial charge >= 0.3 is 0 Å². The zero-order valence-corrected chi connectivity index (χ0v) is 35.5. The average molecular weight is 803 g/mol. The number of rotatable bonds is 2. The van der Waals surface area contributed by atoms with Gasteiger partial charge in [-0.2, -0.15) is 4.89 Å². The first-order chi connectivity index (χ1) is 30.0. The molecule has 5 aliphatic carbocycles. The van der Waals surface area contributed by atoms with Crippen molar-refractivity contribution < 1.29 is 4.89 Å². The highest BCUT2D eigenvalue weighted by Gasteiger charge is 2.59. The van der Waals surface area contributed by atoms with Gasteiger partial charge in [-0.15, -0.1) is 0 Å². The first-order valence-corrected chi connectivity index (χ1v) is 23.7. The van der Waals surface area contributed by atoms with Gasteiger partial charge in [-0.05, 0) is 130 Å². The van der Waals surface area contributed by atoms with E-state index in [9.17, 15) is 4.89 Å². The van der Waals surface area contributed by atoms with Gasteiger partial charge in [0.1, 0.15) is 0 Å². The van der Waals surface area contributed by atoms with Crippen molar-refractivity contribution in [3.8, 4) is 27.9 Å². The monoisotopic (exact) mass is 802 g/mol. The molecule has 6 aromatic carbocycles. The minimum absolute atomic E-state index is 0.0192. The highest BCUT2D eigenvalue weighted by Crippen LogP contribution is 2.66. The molecule has 2 nitrogen and oxygen atoms in total. The maximum Gasteiger partial charge on any atom is 0.296 e. The van der Waals surface area contributed by atoms with Crippen LogP contribution in [-0.2, 0) is 17.3 Å². The van der Waals surface area contributed by atoms with E-state index in [1.54, 1.807) is 5.57 Å². The van der Waals surface area contributed by atoms with Crippen LogP contribution in [0.5, 0.6) is 0 Å². The second-order valence-electron chi connectivity index (χ2n) is 18.8. The molecule has 3 atom stereocenters. The summed E-state index contributed by atoms with van der Waals surface area (Å²) in [6, 6.07) is 48.5. The second-order valence-corrected chi connectivity index (χ2v) is 20.4. The fourth-order valence-electron chi connectivity index (χ4n) is 13.5. The molecule has 292 valence electrons. The molecule has 3 heteroatoms. The molecule has 0 saturated heterocycles. The van der Waals surface area contributed by atoms with Gasteiger partial charge in [0.2, 0.25) is 0 Å². The van der Waals surface area contributed by atoms with E-state index in [2.05, 4.69) is 170 Å². The second kappa shape index (κ2) is 12.1. The smallest absolute Gasteiger partial charge is 0.296 e. The summed E-state index contributed by atoms with van der Waals surface area (Å²) in [4.78, 5) is 13.2. The largest absolute Gasteiger partial charge is 0.309 e. The lowest BCUT2D eigenvalue weighted by Gasteiger charge is -2.42. The lowest BCUT2D eigenvalue weighted by atomic mass is 9.62. The number of allylic oxidation sites excluding steroid dienone is 7. The van der Waals surface area contributed by atoms with Crippen LogP contribution in [0.2, 0.25) is 0 Å². The first kappa shape index (κ1) is 34.6. The van der Waals surface area contributed by atoms with Gasteiger partial charge in [0.25, 0.3) is 7.77 Å². The van der Waals surface area contributed by atoms with Gasteiger partial charge < -0.3 is 4.57 Å². The van der Waals surface area contributed by atoms with Crippen molar-refractivity contribution in [3.05, 3.63) is 207 Å². The Labute approximate surface area is 358 Å². The van der Waals surface area contributed by atoms with Gasteiger partial charge in [-0.25, -0.2) is 0 Å². The van der Waals surface area contributed by atoms with Crippen molar-refractivity contribution in [1.82, 2.24) is 4.57 Å². The number of aryl methyl sites for hydroxylation is 1. The van der Waals surface area contributed by atoms with Gasteiger partial charge in [0.15, 0.2) is 10.6 Å². The fraction of sp³-hybridized carbons (Fsp3) is 0.190. The molecule has 14 rings (SSSR count). The number of fused-ring (bicyclic) bond motifs is 17. The predicted molar refractivity (Wildman–Crippen MR) is 255 cm³/mol. The third-order valence-electron chi connectivity index (χ3n) is 15.9. The number of nitrogens with zero attached hydrogens (tertiary/aromatic N) is 1. The van der Waals surface area contributed by atoms with E-state index in [-0.39, 0.29) is 11.3 Å². The maximum atomic E-state index is 13.2. The van der Waals surface area contributed by atoms with E-state index in [0.717, 1.165) is 43.8 Å². The van der Waals surface area contributed by atoms with Gasteiger partial charge in [0.05, 0.1) is 22.5 Å². The van der Waals surface area contributed by atoms with E-state index in [1.165, 1.54) is 111 Å². The zero-order valence-electron chi connectivity index (χ0n) is 34.6. The summed E-state index contributed by atoms with van der Waals surface area (Å²) in [5.74, 6) is 0.168. The minimum atomic E-state index is -1.62. The van der Waals surface area contributed by atoms with Crippen LogP contribution in [0.1, 0.15) is 102 Å². The van der Waals surface area contributed by atoms with Crippen molar-refractivity contribution in [2.45, 2.75) is 69.1 Å². The molecule has 0 fully saturated rings. The fourth-order valence-corrected chi connectivity index (χ4v) is 15.6. The molecule has 1 spiro atoms. The highest BCUT2D eigenvalue weighted by molar-refractivity contribution is 7.63. The van der Waals surface area contributed by atoms with Gasteiger partial charge in [0, 0.05) is 33.2 Å². The van der Waals surface area contributed by atoms with Crippen LogP contribution in [-0.4, -0.2) is 14.8 Å². The molecule has 3 unspecified atom stereocenters. The quantitative estimate of drug-likeness (QED) is 0.173. The Bertz CT molecular complexity index is 3340. The lowest BCUT2D eigenvalue weighted by molar-refractivity contribution is 0.607. The minimum Gasteiger partial charge on any atom is -0.309 e. The molecule has 0 amide bonds. The van der Waals surface area contributed by atoms with Crippen LogP contribution >= 0.6 is 7.77 Å². The van der Waals surface area contributed by atoms with Crippen molar-refractivity contribution in [3.63, 3.8) is 0 Å². The molecule has 1 N–H and O–H groups in total. The standard InChI is InChI=1S/C58H45NOP/c1-57(2)44-23-8-6-17-38(44)43-33-35(29-31-45(43)57)36-19-13-25-47-52(36)53-48(32-30-42-41-22-12-20-37(34-15-4-3-5-16-34)55(41)61(60)56(42)53)58(47)46-24-9-11-28-51(46)59-50-27-10-7-18-39(50)40-21-14-26-49(58)54(40)59/h3-6,9-17,19-22,24-29,31,33,42,60H,7-8,18,23,30,32H2,1-2H3/q+1. The summed E-state index contributed by atoms with van der Waals surface area (Å²) < 4.78 is 2.60. The van der Waals surface area contributed by atoms with E-state index in [1.807, 2.05) is 0 Å². The van der Waals surface area contributed by atoms with Gasteiger partial charge in [-0.1, -0.05) is 147 Å². The lowest BCUT2D eigenvalue weighted by Crippen LogP contribution is -2.35. The summed E-state index contributed by atoms with van der Waals surface area (Å²) >= 11 is 0. The van der Waals surface area contributed by atoms with Crippen LogP contribution in [0, 0.1) is 0 Å². The van der Waals surface area contributed by atoms with Crippen LogP contribution in [0.3, 0.4) is 0 Å². The van der Waals surface area contributed by atoms with Crippen LogP contribution < -0.4 is 5.30 Å². The van der Waals surface area contributed by atoms with E-state index >= 15 is 0 Å². The Balaban J connectivity index is 1.11. The van der Waals surface area contributed by atoms with E-state index in [0.29, 0.717) is 0 Å². The SMILES string of the molecule is CC1(C)C2=C(C=CCC2)c2cc(-c3cccc4c3C3=C(CCC5C3=[P+](O)c3c(-c6ccccc6)cccc35)C43c4ccccc4-n4c5c(c6cccc3c64)CCC=C5)ccc21. The highest BCUT2D eigenvalue weighted by atomic mass is 31.1. The molecule has 3 heterocycles. The van der Waals surface area contributed by atoms with Crippen molar-refractivity contribution >= 4 is 46.5 Å². The van der Waals surface area contributed by atoms with Gasteiger partial charge in [-0.3, -0.25) is 0 Å². The van der Waals surface area contributed by atoms with E-state index < -0.39 is 13.2 Å². The molecule has 0 saturated carbocycles. The normalized spacial score (nSPS) is 22.2. The summed E-state index contributed by atoms with van der Waals surface area (Å²) in [5, 5.41) is 3.80. The molecule has 2 aliphatic heterocycles. The van der Waals surface area contributed by atoms with Crippen LogP contribution in [0.15, 0.2) is 157 Å².